The van der Waals surface area contributed by atoms with Crippen LogP contribution in [0.4, 0.5) is 0 Å². The van der Waals surface area contributed by atoms with Gasteiger partial charge in [0.1, 0.15) is 0 Å². The number of hydrogen-bond donors (Lipinski definition) is 3. The lowest BCUT2D eigenvalue weighted by molar-refractivity contribution is -0.121. The number of aryl methyl sites for hydroxylation is 1. The highest BCUT2D eigenvalue weighted by molar-refractivity contribution is 5.95. The first-order valence-corrected chi connectivity index (χ1v) is 8.61. The Kier molecular flexibility index (Phi) is 7.36. The molecular formula is C20H23N3O3. The van der Waals surface area contributed by atoms with Crippen molar-refractivity contribution in [2.24, 2.45) is 0 Å². The molecule has 0 atom stereocenters. The molecular weight excluding hydrogens is 330 g/mol. The standard InChI is InChI=1S/C20H23N3O3/c1-2-15-10-12-17(13-11-15)20(26)23-22-18(24)9-6-14-21-19(25)16-7-4-3-5-8-16/h3-5,7-8,10-13H,2,6,9,14H2,1H3,(H,21,25)(H,22,24)(H,23,26). The fourth-order valence-electron chi connectivity index (χ4n) is 2.30. The fourth-order valence-corrected chi connectivity index (χ4v) is 2.30. The predicted molar refractivity (Wildman–Crippen MR) is 99.4 cm³/mol. The number of nitrogens with one attached hydrogen (secondary N) is 3. The predicted octanol–water partition coefficient (Wildman–Crippen LogP) is 2.22. The highest BCUT2D eigenvalue weighted by atomic mass is 16.2. The zero-order valence-electron chi connectivity index (χ0n) is 14.7. The van der Waals surface area contributed by atoms with Crippen LogP contribution in [-0.4, -0.2) is 24.3 Å². The van der Waals surface area contributed by atoms with Crippen LogP contribution < -0.4 is 16.2 Å². The third-order valence-electron chi connectivity index (χ3n) is 3.84. The number of carbonyl (C=O) groups is 3. The molecule has 3 N–H and O–H groups in total. The third-order valence-corrected chi connectivity index (χ3v) is 3.84. The molecule has 0 spiro atoms. The minimum atomic E-state index is -0.363. The number of hydrazine groups is 1. The van der Waals surface area contributed by atoms with E-state index in [0.717, 1.165) is 12.0 Å². The molecule has 2 aromatic rings. The van der Waals surface area contributed by atoms with Crippen molar-refractivity contribution in [2.45, 2.75) is 26.2 Å². The highest BCUT2D eigenvalue weighted by Crippen LogP contribution is 2.04. The van der Waals surface area contributed by atoms with Gasteiger partial charge in [-0.15, -0.1) is 0 Å². The van der Waals surface area contributed by atoms with E-state index in [2.05, 4.69) is 16.2 Å². The van der Waals surface area contributed by atoms with Gasteiger partial charge in [-0.2, -0.15) is 0 Å². The molecule has 0 fully saturated rings. The molecule has 2 rings (SSSR count). The summed E-state index contributed by atoms with van der Waals surface area (Å²) in [6.45, 7) is 2.42. The normalized spacial score (nSPS) is 10.0. The SMILES string of the molecule is CCc1ccc(C(=O)NNC(=O)CCCNC(=O)c2ccccc2)cc1. The molecule has 0 aliphatic carbocycles. The molecule has 0 aliphatic heterocycles. The number of hydrogen-bond acceptors (Lipinski definition) is 3. The van der Waals surface area contributed by atoms with Crippen LogP contribution >= 0.6 is 0 Å². The van der Waals surface area contributed by atoms with Crippen molar-refractivity contribution in [1.82, 2.24) is 16.2 Å². The molecule has 0 aliphatic rings. The summed E-state index contributed by atoms with van der Waals surface area (Å²) >= 11 is 0. The summed E-state index contributed by atoms with van der Waals surface area (Å²) in [7, 11) is 0. The van der Waals surface area contributed by atoms with E-state index in [-0.39, 0.29) is 24.1 Å². The number of carbonyl (C=O) groups excluding carboxylic acids is 3. The zero-order valence-corrected chi connectivity index (χ0v) is 14.7. The molecule has 6 nitrogen and oxygen atoms in total. The maximum Gasteiger partial charge on any atom is 0.269 e. The molecule has 0 unspecified atom stereocenters. The van der Waals surface area contributed by atoms with E-state index < -0.39 is 0 Å². The van der Waals surface area contributed by atoms with Gasteiger partial charge in [0.05, 0.1) is 0 Å². The van der Waals surface area contributed by atoms with E-state index in [0.29, 0.717) is 24.1 Å². The van der Waals surface area contributed by atoms with Crippen molar-refractivity contribution in [2.75, 3.05) is 6.54 Å². The maximum absolute atomic E-state index is 11.9. The number of benzene rings is 2. The average molecular weight is 353 g/mol. The van der Waals surface area contributed by atoms with Gasteiger partial charge in [-0.3, -0.25) is 25.2 Å². The Morgan fingerprint density at radius 3 is 2.12 bits per heavy atom. The largest absolute Gasteiger partial charge is 0.352 e. The molecule has 0 bridgehead atoms. The highest BCUT2D eigenvalue weighted by Gasteiger charge is 2.08. The summed E-state index contributed by atoms with van der Waals surface area (Å²) < 4.78 is 0. The van der Waals surface area contributed by atoms with E-state index in [1.807, 2.05) is 25.1 Å². The van der Waals surface area contributed by atoms with Gasteiger partial charge < -0.3 is 5.32 Å². The van der Waals surface area contributed by atoms with Crippen molar-refractivity contribution < 1.29 is 14.4 Å². The van der Waals surface area contributed by atoms with Gasteiger partial charge >= 0.3 is 0 Å². The smallest absolute Gasteiger partial charge is 0.269 e. The first-order chi connectivity index (χ1) is 12.6. The molecule has 0 aromatic heterocycles. The van der Waals surface area contributed by atoms with Crippen LogP contribution in [0.5, 0.6) is 0 Å². The lowest BCUT2D eigenvalue weighted by atomic mass is 10.1. The third kappa shape index (κ3) is 6.05. The Morgan fingerprint density at radius 2 is 1.46 bits per heavy atom. The lowest BCUT2D eigenvalue weighted by Crippen LogP contribution is -2.41. The van der Waals surface area contributed by atoms with Crippen LogP contribution in [0.15, 0.2) is 54.6 Å². The monoisotopic (exact) mass is 353 g/mol. The van der Waals surface area contributed by atoms with Crippen LogP contribution in [0.25, 0.3) is 0 Å². The summed E-state index contributed by atoms with van der Waals surface area (Å²) in [5, 5.41) is 2.75. The van der Waals surface area contributed by atoms with E-state index in [4.69, 9.17) is 0 Å². The second kappa shape index (κ2) is 9.98. The van der Waals surface area contributed by atoms with Gasteiger partial charge in [0.2, 0.25) is 5.91 Å². The Morgan fingerprint density at radius 1 is 0.808 bits per heavy atom. The van der Waals surface area contributed by atoms with Gasteiger partial charge in [-0.05, 0) is 42.7 Å². The molecule has 3 amide bonds. The topological polar surface area (TPSA) is 87.3 Å². The van der Waals surface area contributed by atoms with E-state index in [1.54, 1.807) is 36.4 Å². The molecule has 0 saturated heterocycles. The van der Waals surface area contributed by atoms with Gasteiger partial charge in [-0.1, -0.05) is 37.3 Å². The fraction of sp³-hybridized carbons (Fsp3) is 0.250. The first-order valence-electron chi connectivity index (χ1n) is 8.61. The molecule has 6 heteroatoms. The second-order valence-electron chi connectivity index (χ2n) is 5.78. The van der Waals surface area contributed by atoms with Gasteiger partial charge in [0, 0.05) is 24.1 Å². The molecule has 26 heavy (non-hydrogen) atoms. The Labute approximate surface area is 153 Å². The van der Waals surface area contributed by atoms with Crippen molar-refractivity contribution in [3.8, 4) is 0 Å². The lowest BCUT2D eigenvalue weighted by Gasteiger charge is -2.08. The summed E-state index contributed by atoms with van der Waals surface area (Å²) in [6.07, 6.45) is 1.58. The van der Waals surface area contributed by atoms with Gasteiger partial charge in [-0.25, -0.2) is 0 Å². The van der Waals surface area contributed by atoms with Crippen molar-refractivity contribution in [3.05, 3.63) is 71.3 Å². The van der Waals surface area contributed by atoms with Gasteiger partial charge in [0.25, 0.3) is 11.8 Å². The summed E-state index contributed by atoms with van der Waals surface area (Å²) in [6, 6.07) is 16.1. The van der Waals surface area contributed by atoms with Crippen LogP contribution in [-0.2, 0) is 11.2 Å². The molecule has 136 valence electrons. The van der Waals surface area contributed by atoms with E-state index in [9.17, 15) is 14.4 Å². The zero-order chi connectivity index (χ0) is 18.8. The van der Waals surface area contributed by atoms with E-state index >= 15 is 0 Å². The Bertz CT molecular complexity index is 743. The van der Waals surface area contributed by atoms with Gasteiger partial charge in [0.15, 0.2) is 0 Å². The molecule has 0 saturated carbocycles. The van der Waals surface area contributed by atoms with Crippen molar-refractivity contribution in [3.63, 3.8) is 0 Å². The Hall–Kier alpha value is -3.15. The van der Waals surface area contributed by atoms with Crippen LogP contribution in [0.3, 0.4) is 0 Å². The summed E-state index contributed by atoms with van der Waals surface area (Å²) in [5.41, 5.74) is 6.97. The number of amides is 3. The quantitative estimate of drug-likeness (QED) is 0.527. The second-order valence-corrected chi connectivity index (χ2v) is 5.78. The first kappa shape index (κ1) is 19.2. The van der Waals surface area contributed by atoms with Crippen LogP contribution in [0, 0.1) is 0 Å². The Balaban J connectivity index is 1.64. The minimum absolute atomic E-state index is 0.171. The van der Waals surface area contributed by atoms with Crippen LogP contribution in [0.2, 0.25) is 0 Å². The van der Waals surface area contributed by atoms with E-state index in [1.165, 1.54) is 0 Å². The average Bonchev–Trinajstić information content (AvgIpc) is 2.70. The summed E-state index contributed by atoms with van der Waals surface area (Å²) in [4.78, 5) is 35.5. The molecule has 2 aromatic carbocycles. The molecule has 0 radical (unpaired) electrons. The minimum Gasteiger partial charge on any atom is -0.352 e. The van der Waals surface area contributed by atoms with Crippen molar-refractivity contribution >= 4 is 17.7 Å². The van der Waals surface area contributed by atoms with Crippen LogP contribution in [0.1, 0.15) is 46.0 Å². The van der Waals surface area contributed by atoms with Crippen molar-refractivity contribution in [1.29, 1.82) is 0 Å². The molecule has 0 heterocycles. The summed E-state index contributed by atoms with van der Waals surface area (Å²) in [5.74, 6) is -0.842. The number of rotatable bonds is 7. The maximum atomic E-state index is 11.9.